The standard InChI is InChI=1S/C37H38N2O8S2/c1-22-17-30(46-5)18-23(2)36(22)38-28-11-7-26(8-12-28)35(33-16-15-32(48(40,41)42)21-34(33)49(43,44)45)27-9-13-29(14-10-27)39-37-24(3)19-31(47-6)20-25(37)4/h7-21,35,38-39H,1-6H3,(H,40,41,42)(H,43,44,45). The molecule has 0 amide bonds. The smallest absolute Gasteiger partial charge is 0.294 e. The van der Waals surface area contributed by atoms with Crippen molar-refractivity contribution in [3.8, 4) is 11.5 Å². The molecule has 0 heterocycles. The molecular weight excluding hydrogens is 665 g/mol. The Morgan fingerprint density at radius 3 is 1.27 bits per heavy atom. The molecule has 0 aliphatic carbocycles. The molecule has 0 spiro atoms. The minimum absolute atomic E-state index is 0.125. The summed E-state index contributed by atoms with van der Waals surface area (Å²) in [5.74, 6) is 0.747. The van der Waals surface area contributed by atoms with Crippen molar-refractivity contribution in [1.29, 1.82) is 0 Å². The summed E-state index contributed by atoms with van der Waals surface area (Å²) in [7, 11) is -6.45. The van der Waals surface area contributed by atoms with E-state index in [9.17, 15) is 25.9 Å². The van der Waals surface area contributed by atoms with Gasteiger partial charge in [0.05, 0.1) is 24.0 Å². The molecule has 5 aromatic carbocycles. The molecule has 0 unspecified atom stereocenters. The first kappa shape index (κ1) is 35.4. The first-order valence-electron chi connectivity index (χ1n) is 15.2. The highest BCUT2D eigenvalue weighted by Crippen LogP contribution is 2.39. The maximum absolute atomic E-state index is 12.7. The molecule has 0 aliphatic rings. The van der Waals surface area contributed by atoms with E-state index >= 15 is 0 Å². The van der Waals surface area contributed by atoms with Crippen molar-refractivity contribution in [2.75, 3.05) is 24.9 Å². The number of nitrogens with one attached hydrogen (secondary N) is 2. The fourth-order valence-corrected chi connectivity index (χ4v) is 7.31. The first-order chi connectivity index (χ1) is 23.1. The van der Waals surface area contributed by atoms with Crippen LogP contribution in [-0.4, -0.2) is 40.2 Å². The van der Waals surface area contributed by atoms with E-state index in [4.69, 9.17) is 9.47 Å². The van der Waals surface area contributed by atoms with Crippen molar-refractivity contribution in [3.63, 3.8) is 0 Å². The lowest BCUT2D eigenvalue weighted by molar-refractivity contribution is 0.414. The number of methoxy groups -OCH3 is 2. The summed E-state index contributed by atoms with van der Waals surface area (Å²) in [5.41, 5.74) is 8.82. The van der Waals surface area contributed by atoms with Gasteiger partial charge in [0, 0.05) is 28.7 Å². The van der Waals surface area contributed by atoms with Gasteiger partial charge in [-0.3, -0.25) is 9.11 Å². The summed E-state index contributed by atoms with van der Waals surface area (Å²) in [5, 5.41) is 6.88. The van der Waals surface area contributed by atoms with Crippen LogP contribution in [0.3, 0.4) is 0 Å². The van der Waals surface area contributed by atoms with Gasteiger partial charge >= 0.3 is 0 Å². The van der Waals surface area contributed by atoms with Gasteiger partial charge in [-0.1, -0.05) is 30.3 Å². The molecule has 0 saturated heterocycles. The second-order valence-electron chi connectivity index (χ2n) is 11.8. The third-order valence-corrected chi connectivity index (χ3v) is 10.1. The number of hydrogen-bond acceptors (Lipinski definition) is 8. The van der Waals surface area contributed by atoms with Gasteiger partial charge < -0.3 is 20.1 Å². The van der Waals surface area contributed by atoms with E-state index in [2.05, 4.69) is 10.6 Å². The van der Waals surface area contributed by atoms with Crippen LogP contribution in [0.15, 0.2) is 101 Å². The normalized spacial score (nSPS) is 11.8. The van der Waals surface area contributed by atoms with E-state index in [1.165, 1.54) is 6.07 Å². The Labute approximate surface area is 287 Å². The zero-order chi connectivity index (χ0) is 35.7. The summed E-state index contributed by atoms with van der Waals surface area (Å²) in [6.45, 7) is 7.91. The van der Waals surface area contributed by atoms with Gasteiger partial charge in [0.2, 0.25) is 0 Å². The molecular formula is C37H38N2O8S2. The van der Waals surface area contributed by atoms with Gasteiger partial charge in [0.1, 0.15) is 11.5 Å². The van der Waals surface area contributed by atoms with Crippen LogP contribution in [0, 0.1) is 27.7 Å². The molecule has 256 valence electrons. The molecule has 12 heteroatoms. The van der Waals surface area contributed by atoms with Gasteiger partial charge in [0.25, 0.3) is 20.2 Å². The zero-order valence-corrected chi connectivity index (χ0v) is 29.5. The maximum atomic E-state index is 12.7. The Hall–Kier alpha value is -4.88. The molecule has 0 fully saturated rings. The molecule has 0 atom stereocenters. The summed E-state index contributed by atoms with van der Waals surface area (Å²) in [4.78, 5) is -1.29. The lowest BCUT2D eigenvalue weighted by Crippen LogP contribution is -2.12. The Morgan fingerprint density at radius 2 is 0.939 bits per heavy atom. The topological polar surface area (TPSA) is 151 Å². The van der Waals surface area contributed by atoms with Crippen molar-refractivity contribution in [2.45, 2.75) is 43.4 Å². The van der Waals surface area contributed by atoms with Gasteiger partial charge in [-0.15, -0.1) is 0 Å². The molecule has 5 rings (SSSR count). The van der Waals surface area contributed by atoms with E-state index in [1.54, 1.807) is 14.2 Å². The third kappa shape index (κ3) is 7.89. The quantitative estimate of drug-likeness (QED) is 0.0785. The average Bonchev–Trinajstić information content (AvgIpc) is 3.04. The van der Waals surface area contributed by atoms with E-state index in [1.807, 2.05) is 100 Å². The van der Waals surface area contributed by atoms with Crippen LogP contribution < -0.4 is 20.1 Å². The largest absolute Gasteiger partial charge is 0.497 e. The van der Waals surface area contributed by atoms with Crippen molar-refractivity contribution >= 4 is 43.0 Å². The molecule has 0 saturated carbocycles. The van der Waals surface area contributed by atoms with E-state index in [0.29, 0.717) is 11.1 Å². The molecule has 0 aromatic heterocycles. The second-order valence-corrected chi connectivity index (χ2v) is 14.7. The molecule has 0 bridgehead atoms. The SMILES string of the molecule is COc1cc(C)c(Nc2ccc(C(c3ccc(Nc4c(C)cc(OC)cc4C)cc3)c3ccc(S(=O)(=O)O)cc3S(=O)(=O)O)cc2)c(C)c1. The summed E-state index contributed by atoms with van der Waals surface area (Å²) >= 11 is 0. The van der Waals surface area contributed by atoms with Gasteiger partial charge in [0.15, 0.2) is 0 Å². The Morgan fingerprint density at radius 1 is 0.551 bits per heavy atom. The second kappa shape index (κ2) is 13.9. The first-order valence-corrected chi connectivity index (χ1v) is 18.1. The fraction of sp³-hybridized carbons (Fsp3) is 0.189. The number of hydrogen-bond donors (Lipinski definition) is 4. The number of benzene rings is 5. The minimum atomic E-state index is -4.93. The predicted octanol–water partition coefficient (Wildman–Crippen LogP) is 8.10. The molecule has 5 aromatic rings. The molecule has 49 heavy (non-hydrogen) atoms. The predicted molar refractivity (Wildman–Crippen MR) is 191 cm³/mol. The number of rotatable bonds is 11. The van der Waals surface area contributed by atoms with Crippen LogP contribution in [-0.2, 0) is 20.2 Å². The lowest BCUT2D eigenvalue weighted by atomic mass is 9.85. The van der Waals surface area contributed by atoms with Crippen molar-refractivity contribution in [1.82, 2.24) is 0 Å². The summed E-state index contributed by atoms with van der Waals surface area (Å²) in [6, 6.07) is 25.7. The van der Waals surface area contributed by atoms with E-state index < -0.39 is 35.9 Å². The van der Waals surface area contributed by atoms with Crippen molar-refractivity contribution in [2.24, 2.45) is 0 Å². The molecule has 0 radical (unpaired) electrons. The Kier molecular flexibility index (Phi) is 10.1. The van der Waals surface area contributed by atoms with Crippen LogP contribution in [0.2, 0.25) is 0 Å². The number of anilines is 4. The maximum Gasteiger partial charge on any atom is 0.294 e. The number of aryl methyl sites for hydroxylation is 4. The van der Waals surface area contributed by atoms with Gasteiger partial charge in [-0.2, -0.15) is 16.8 Å². The highest BCUT2D eigenvalue weighted by molar-refractivity contribution is 7.86. The van der Waals surface area contributed by atoms with Crippen LogP contribution in [0.4, 0.5) is 22.7 Å². The average molecular weight is 703 g/mol. The lowest BCUT2D eigenvalue weighted by Gasteiger charge is -2.23. The fourth-order valence-electron chi connectivity index (χ4n) is 5.97. The molecule has 4 N–H and O–H groups in total. The highest BCUT2D eigenvalue weighted by Gasteiger charge is 2.27. The third-order valence-electron chi connectivity index (χ3n) is 8.38. The Balaban J connectivity index is 1.58. The Bertz CT molecular complexity index is 2080. The minimum Gasteiger partial charge on any atom is -0.497 e. The van der Waals surface area contributed by atoms with Crippen molar-refractivity contribution < 1.29 is 35.4 Å². The zero-order valence-electron chi connectivity index (χ0n) is 27.9. The highest BCUT2D eigenvalue weighted by atomic mass is 32.2. The van der Waals surface area contributed by atoms with Crippen LogP contribution >= 0.6 is 0 Å². The molecule has 10 nitrogen and oxygen atoms in total. The monoisotopic (exact) mass is 702 g/mol. The van der Waals surface area contributed by atoms with Crippen molar-refractivity contribution in [3.05, 3.63) is 130 Å². The summed E-state index contributed by atoms with van der Waals surface area (Å²) in [6.07, 6.45) is 0. The van der Waals surface area contributed by atoms with Gasteiger partial charge in [-0.25, -0.2) is 0 Å². The van der Waals surface area contributed by atoms with Crippen LogP contribution in [0.5, 0.6) is 11.5 Å². The molecule has 0 aliphatic heterocycles. The van der Waals surface area contributed by atoms with Crippen LogP contribution in [0.1, 0.15) is 44.9 Å². The van der Waals surface area contributed by atoms with E-state index in [0.717, 1.165) is 68.6 Å². The number of ether oxygens (including phenoxy) is 2. The summed E-state index contributed by atoms with van der Waals surface area (Å²) < 4.78 is 79.9. The van der Waals surface area contributed by atoms with Gasteiger partial charge in [-0.05, 0) is 127 Å². The van der Waals surface area contributed by atoms with Crippen LogP contribution in [0.25, 0.3) is 0 Å². The van der Waals surface area contributed by atoms with E-state index in [-0.39, 0.29) is 5.56 Å².